The van der Waals surface area contributed by atoms with E-state index in [0.29, 0.717) is 16.8 Å². The second-order valence-electron chi connectivity index (χ2n) is 7.11. The second kappa shape index (κ2) is 9.84. The van der Waals surface area contributed by atoms with Crippen LogP contribution in [-0.2, 0) is 9.53 Å². The number of carbonyl (C=O) groups is 3. The molecule has 0 unspecified atom stereocenters. The molecule has 0 atom stereocenters. The zero-order chi connectivity index (χ0) is 21.5. The van der Waals surface area contributed by atoms with Crippen molar-refractivity contribution >= 4 is 29.5 Å². The highest BCUT2D eigenvalue weighted by molar-refractivity contribution is 6.02. The van der Waals surface area contributed by atoms with Gasteiger partial charge in [0.1, 0.15) is 0 Å². The van der Waals surface area contributed by atoms with Gasteiger partial charge in [-0.2, -0.15) is 0 Å². The summed E-state index contributed by atoms with van der Waals surface area (Å²) < 4.78 is 4.66. The molecule has 30 heavy (non-hydrogen) atoms. The number of hydrogen-bond acceptors (Lipinski definition) is 5. The van der Waals surface area contributed by atoms with Gasteiger partial charge in [0, 0.05) is 43.5 Å². The van der Waals surface area contributed by atoms with Gasteiger partial charge in [0.15, 0.2) is 0 Å². The molecule has 7 nitrogen and oxygen atoms in total. The highest BCUT2D eigenvalue weighted by atomic mass is 16.5. The van der Waals surface area contributed by atoms with Crippen molar-refractivity contribution in [3.8, 4) is 0 Å². The third-order valence-corrected chi connectivity index (χ3v) is 4.95. The van der Waals surface area contributed by atoms with Crippen LogP contribution in [-0.4, -0.2) is 67.9 Å². The maximum atomic E-state index is 12.6. The lowest BCUT2D eigenvalue weighted by atomic mass is 10.1. The quantitative estimate of drug-likeness (QED) is 0.609. The van der Waals surface area contributed by atoms with Crippen LogP contribution in [0, 0.1) is 0 Å². The summed E-state index contributed by atoms with van der Waals surface area (Å²) in [5, 5.41) is 2.77. The van der Waals surface area contributed by atoms with Crippen LogP contribution in [0.4, 0.5) is 5.69 Å². The summed E-state index contributed by atoms with van der Waals surface area (Å²) in [5.41, 5.74) is 2.45. The third kappa shape index (κ3) is 5.55. The number of nitrogens with zero attached hydrogens (tertiary/aromatic N) is 2. The van der Waals surface area contributed by atoms with Crippen molar-refractivity contribution in [2.24, 2.45) is 0 Å². The minimum absolute atomic E-state index is 0.0104. The van der Waals surface area contributed by atoms with Gasteiger partial charge < -0.3 is 19.9 Å². The molecule has 2 amide bonds. The number of rotatable bonds is 5. The number of amides is 2. The molecule has 0 radical (unpaired) electrons. The molecule has 1 aliphatic rings. The Labute approximate surface area is 175 Å². The Hall–Kier alpha value is -3.45. The maximum absolute atomic E-state index is 12.6. The topological polar surface area (TPSA) is 78.9 Å². The summed E-state index contributed by atoms with van der Waals surface area (Å²) >= 11 is 0. The molecule has 1 aliphatic heterocycles. The molecule has 3 rings (SSSR count). The van der Waals surface area contributed by atoms with Crippen molar-refractivity contribution in [2.45, 2.75) is 0 Å². The van der Waals surface area contributed by atoms with Crippen molar-refractivity contribution in [3.63, 3.8) is 0 Å². The molecule has 7 heteroatoms. The monoisotopic (exact) mass is 407 g/mol. The van der Waals surface area contributed by atoms with Crippen molar-refractivity contribution in [3.05, 3.63) is 71.3 Å². The van der Waals surface area contributed by atoms with Gasteiger partial charge in [-0.3, -0.25) is 9.59 Å². The Kier molecular flexibility index (Phi) is 6.98. The van der Waals surface area contributed by atoms with E-state index in [1.807, 2.05) is 11.9 Å². The first-order valence-corrected chi connectivity index (χ1v) is 9.71. The van der Waals surface area contributed by atoms with Crippen molar-refractivity contribution < 1.29 is 19.1 Å². The van der Waals surface area contributed by atoms with Crippen LogP contribution in [0.2, 0.25) is 0 Å². The number of nitrogens with one attached hydrogen (secondary N) is 1. The summed E-state index contributed by atoms with van der Waals surface area (Å²) in [7, 11) is 3.38. The van der Waals surface area contributed by atoms with Crippen LogP contribution in [0.5, 0.6) is 0 Å². The molecule has 2 aromatic rings. The van der Waals surface area contributed by atoms with Crippen LogP contribution in [0.25, 0.3) is 6.08 Å². The van der Waals surface area contributed by atoms with Crippen LogP contribution in [0.1, 0.15) is 26.3 Å². The van der Waals surface area contributed by atoms with E-state index in [4.69, 9.17) is 0 Å². The van der Waals surface area contributed by atoms with Crippen LogP contribution in [0.15, 0.2) is 54.6 Å². The summed E-state index contributed by atoms with van der Waals surface area (Å²) in [6.45, 7) is 3.19. The third-order valence-electron chi connectivity index (χ3n) is 4.95. The predicted octanol–water partition coefficient (Wildman–Crippen LogP) is 2.51. The first-order chi connectivity index (χ1) is 14.5. The van der Waals surface area contributed by atoms with Gasteiger partial charge in [-0.25, -0.2) is 4.79 Å². The van der Waals surface area contributed by atoms with E-state index < -0.39 is 5.97 Å². The number of benzene rings is 2. The summed E-state index contributed by atoms with van der Waals surface area (Å²) in [4.78, 5) is 40.2. The molecule has 2 aromatic carbocycles. The van der Waals surface area contributed by atoms with Crippen LogP contribution in [0.3, 0.4) is 0 Å². The van der Waals surface area contributed by atoms with Crippen LogP contribution >= 0.6 is 0 Å². The lowest BCUT2D eigenvalue weighted by Gasteiger charge is -2.32. The molecule has 156 valence electrons. The Balaban J connectivity index is 1.54. The number of esters is 1. The van der Waals surface area contributed by atoms with E-state index >= 15 is 0 Å². The van der Waals surface area contributed by atoms with E-state index in [1.54, 1.807) is 54.6 Å². The normalized spacial score (nSPS) is 14.5. The minimum atomic E-state index is -0.405. The molecular formula is C23H25N3O4. The number of carbonyl (C=O) groups excluding carboxylic acids is 3. The van der Waals surface area contributed by atoms with Gasteiger partial charge in [0.25, 0.3) is 5.91 Å². The summed E-state index contributed by atoms with van der Waals surface area (Å²) in [5.74, 6) is -0.681. The lowest BCUT2D eigenvalue weighted by molar-refractivity contribution is -0.111. The highest BCUT2D eigenvalue weighted by Crippen LogP contribution is 2.13. The van der Waals surface area contributed by atoms with E-state index in [9.17, 15) is 14.4 Å². The molecule has 1 heterocycles. The molecular weight excluding hydrogens is 382 g/mol. The smallest absolute Gasteiger partial charge is 0.337 e. The summed E-state index contributed by atoms with van der Waals surface area (Å²) in [6.07, 6.45) is 3.07. The van der Waals surface area contributed by atoms with Gasteiger partial charge in [-0.15, -0.1) is 0 Å². The SMILES string of the molecule is COC(=O)c1ccc(/C=C/C(=O)Nc2ccc(C(=O)N3CCN(C)CC3)cc2)cc1. The van der Waals surface area contributed by atoms with E-state index in [-0.39, 0.29) is 11.8 Å². The molecule has 0 saturated carbocycles. The minimum Gasteiger partial charge on any atom is -0.465 e. The van der Waals surface area contributed by atoms with Gasteiger partial charge in [-0.05, 0) is 55.1 Å². The number of piperazine rings is 1. The zero-order valence-corrected chi connectivity index (χ0v) is 17.1. The Bertz CT molecular complexity index is 928. The fraction of sp³-hybridized carbons (Fsp3) is 0.261. The van der Waals surface area contributed by atoms with E-state index in [1.165, 1.54) is 13.2 Å². The number of methoxy groups -OCH3 is 1. The molecule has 1 saturated heterocycles. The first-order valence-electron chi connectivity index (χ1n) is 9.71. The molecule has 1 fully saturated rings. The predicted molar refractivity (Wildman–Crippen MR) is 115 cm³/mol. The van der Waals surface area contributed by atoms with Gasteiger partial charge in [0.05, 0.1) is 12.7 Å². The number of likely N-dealkylation sites (N-methyl/N-ethyl adjacent to an activating group) is 1. The molecule has 0 aliphatic carbocycles. The van der Waals surface area contributed by atoms with E-state index in [0.717, 1.165) is 31.7 Å². The van der Waals surface area contributed by atoms with Gasteiger partial charge >= 0.3 is 5.97 Å². The Morgan fingerprint density at radius 2 is 1.50 bits per heavy atom. The fourth-order valence-electron chi connectivity index (χ4n) is 3.09. The first kappa shape index (κ1) is 21.3. The molecule has 0 spiro atoms. The maximum Gasteiger partial charge on any atom is 0.337 e. The van der Waals surface area contributed by atoms with Gasteiger partial charge in [0.2, 0.25) is 5.91 Å². The molecule has 0 aromatic heterocycles. The Morgan fingerprint density at radius 1 is 0.900 bits per heavy atom. The number of ether oxygens (including phenoxy) is 1. The number of hydrogen-bond donors (Lipinski definition) is 1. The standard InChI is InChI=1S/C23H25N3O4/c1-25-13-15-26(16-14-25)22(28)18-8-10-20(11-9-18)24-21(27)12-5-17-3-6-19(7-4-17)23(29)30-2/h3-12H,13-16H2,1-2H3,(H,24,27)/b12-5+. The van der Waals surface area contributed by atoms with E-state index in [2.05, 4.69) is 15.0 Å². The zero-order valence-electron chi connectivity index (χ0n) is 17.1. The number of anilines is 1. The lowest BCUT2D eigenvalue weighted by Crippen LogP contribution is -2.47. The fourth-order valence-corrected chi connectivity index (χ4v) is 3.09. The largest absolute Gasteiger partial charge is 0.465 e. The van der Waals surface area contributed by atoms with Crippen molar-refractivity contribution in [1.82, 2.24) is 9.80 Å². The second-order valence-corrected chi connectivity index (χ2v) is 7.11. The average molecular weight is 407 g/mol. The summed E-state index contributed by atoms with van der Waals surface area (Å²) in [6, 6.07) is 13.6. The molecule has 0 bridgehead atoms. The average Bonchev–Trinajstić information content (AvgIpc) is 2.78. The van der Waals surface area contributed by atoms with Crippen molar-refractivity contribution in [1.29, 1.82) is 0 Å². The van der Waals surface area contributed by atoms with Crippen molar-refractivity contribution in [2.75, 3.05) is 45.7 Å². The molecule has 1 N–H and O–H groups in total. The van der Waals surface area contributed by atoms with Crippen LogP contribution < -0.4 is 5.32 Å². The Morgan fingerprint density at radius 3 is 2.10 bits per heavy atom. The highest BCUT2D eigenvalue weighted by Gasteiger charge is 2.20. The van der Waals surface area contributed by atoms with Gasteiger partial charge in [-0.1, -0.05) is 12.1 Å².